The minimum Gasteiger partial charge on any atom is -0.376 e. The largest absolute Gasteiger partial charge is 0.376 e. The van der Waals surface area contributed by atoms with E-state index in [1.807, 2.05) is 24.3 Å². The lowest BCUT2D eigenvalue weighted by Crippen LogP contribution is -2.38. The van der Waals surface area contributed by atoms with Gasteiger partial charge in [0.1, 0.15) is 5.82 Å². The second-order valence-corrected chi connectivity index (χ2v) is 7.01. The first kappa shape index (κ1) is 18.4. The summed E-state index contributed by atoms with van der Waals surface area (Å²) in [5.74, 6) is -1.02. The number of halogens is 1. The van der Waals surface area contributed by atoms with Gasteiger partial charge in [-0.1, -0.05) is 30.3 Å². The molecule has 2 heterocycles. The standard InChI is InChI=1S/C22H21FN2O3/c23-19-9-3-2-8-18(19)22(27)25(14-17-7-5-11-28-17)13-16-12-15-6-1-4-10-20(15)24-21(16)26/h1-4,6,8-10,12,17H,5,7,11,13-14H2,(H,24,26). The molecule has 6 heteroatoms. The lowest BCUT2D eigenvalue weighted by molar-refractivity contribution is 0.0503. The SMILES string of the molecule is O=C(c1ccccc1F)N(Cc1cc2ccccc2[nH]c1=O)CC1CCCO1. The molecule has 0 radical (unpaired) electrons. The molecule has 28 heavy (non-hydrogen) atoms. The molecule has 1 atom stereocenters. The number of rotatable bonds is 5. The molecule has 1 fully saturated rings. The van der Waals surface area contributed by atoms with Crippen molar-refractivity contribution < 1.29 is 13.9 Å². The molecular weight excluding hydrogens is 359 g/mol. The maximum atomic E-state index is 14.2. The normalized spacial score (nSPS) is 16.4. The zero-order valence-corrected chi connectivity index (χ0v) is 15.4. The molecule has 3 aromatic rings. The maximum absolute atomic E-state index is 14.2. The van der Waals surface area contributed by atoms with E-state index in [-0.39, 0.29) is 23.8 Å². The number of aromatic amines is 1. The van der Waals surface area contributed by atoms with Gasteiger partial charge >= 0.3 is 0 Å². The number of carbonyl (C=O) groups is 1. The Morgan fingerprint density at radius 3 is 2.75 bits per heavy atom. The number of para-hydroxylation sites is 1. The van der Waals surface area contributed by atoms with Gasteiger partial charge < -0.3 is 14.6 Å². The van der Waals surface area contributed by atoms with Crippen LogP contribution in [0.3, 0.4) is 0 Å². The average Bonchev–Trinajstić information content (AvgIpc) is 3.21. The van der Waals surface area contributed by atoms with Crippen LogP contribution in [-0.2, 0) is 11.3 Å². The van der Waals surface area contributed by atoms with Gasteiger partial charge in [-0.3, -0.25) is 9.59 Å². The van der Waals surface area contributed by atoms with E-state index >= 15 is 0 Å². The third kappa shape index (κ3) is 3.82. The number of fused-ring (bicyclic) bond motifs is 1. The number of carbonyl (C=O) groups excluding carboxylic acids is 1. The zero-order valence-electron chi connectivity index (χ0n) is 15.4. The highest BCUT2D eigenvalue weighted by molar-refractivity contribution is 5.94. The summed E-state index contributed by atoms with van der Waals surface area (Å²) in [6.07, 6.45) is 1.67. The second kappa shape index (κ2) is 7.94. The molecule has 1 N–H and O–H groups in total. The Balaban J connectivity index is 1.67. The van der Waals surface area contributed by atoms with E-state index in [9.17, 15) is 14.0 Å². The number of ether oxygens (including phenoxy) is 1. The molecule has 0 spiro atoms. The molecule has 0 aliphatic carbocycles. The average molecular weight is 380 g/mol. The van der Waals surface area contributed by atoms with Crippen molar-refractivity contribution in [2.45, 2.75) is 25.5 Å². The van der Waals surface area contributed by atoms with Crippen molar-refractivity contribution in [3.8, 4) is 0 Å². The van der Waals surface area contributed by atoms with Crippen LogP contribution < -0.4 is 5.56 Å². The molecule has 0 bridgehead atoms. The van der Waals surface area contributed by atoms with E-state index < -0.39 is 11.7 Å². The van der Waals surface area contributed by atoms with Crippen LogP contribution in [0.2, 0.25) is 0 Å². The van der Waals surface area contributed by atoms with Crippen molar-refractivity contribution in [3.05, 3.63) is 81.9 Å². The number of amides is 1. The fourth-order valence-corrected chi connectivity index (χ4v) is 3.57. The summed E-state index contributed by atoms with van der Waals surface area (Å²) in [5.41, 5.74) is 0.943. The number of H-pyrrole nitrogens is 1. The predicted molar refractivity (Wildman–Crippen MR) is 105 cm³/mol. The quantitative estimate of drug-likeness (QED) is 0.737. The zero-order chi connectivity index (χ0) is 19.5. The molecule has 1 unspecified atom stereocenters. The minimum atomic E-state index is -0.572. The number of benzene rings is 2. The Hall–Kier alpha value is -2.99. The smallest absolute Gasteiger partial charge is 0.257 e. The summed E-state index contributed by atoms with van der Waals surface area (Å²) in [4.78, 5) is 29.9. The number of nitrogens with zero attached hydrogens (tertiary/aromatic N) is 1. The molecule has 4 rings (SSSR count). The number of nitrogens with one attached hydrogen (secondary N) is 1. The van der Waals surface area contributed by atoms with Crippen molar-refractivity contribution in [2.75, 3.05) is 13.2 Å². The molecular formula is C22H21FN2O3. The van der Waals surface area contributed by atoms with Crippen LogP contribution in [0.15, 0.2) is 59.4 Å². The Labute approximate surface area is 161 Å². The van der Waals surface area contributed by atoms with Crippen LogP contribution in [0.5, 0.6) is 0 Å². The third-order valence-corrected chi connectivity index (χ3v) is 5.03. The lowest BCUT2D eigenvalue weighted by Gasteiger charge is -2.25. The monoisotopic (exact) mass is 380 g/mol. The van der Waals surface area contributed by atoms with Gasteiger partial charge in [-0.05, 0) is 42.5 Å². The van der Waals surface area contributed by atoms with Gasteiger partial charge in [-0.25, -0.2) is 4.39 Å². The van der Waals surface area contributed by atoms with Crippen LogP contribution >= 0.6 is 0 Å². The van der Waals surface area contributed by atoms with Crippen LogP contribution in [-0.4, -0.2) is 35.0 Å². The van der Waals surface area contributed by atoms with Crippen LogP contribution in [0.4, 0.5) is 4.39 Å². The van der Waals surface area contributed by atoms with Crippen LogP contribution in [0.1, 0.15) is 28.8 Å². The Morgan fingerprint density at radius 1 is 1.18 bits per heavy atom. The van der Waals surface area contributed by atoms with Gasteiger partial charge in [0.2, 0.25) is 0 Å². The first-order valence-electron chi connectivity index (χ1n) is 9.38. The first-order valence-corrected chi connectivity index (χ1v) is 9.38. The van der Waals surface area contributed by atoms with Crippen LogP contribution in [0.25, 0.3) is 10.9 Å². The fraction of sp³-hybridized carbons (Fsp3) is 0.273. The van der Waals surface area contributed by atoms with Crippen molar-refractivity contribution in [3.63, 3.8) is 0 Å². The lowest BCUT2D eigenvalue weighted by atomic mass is 10.1. The molecule has 1 aromatic heterocycles. The van der Waals surface area contributed by atoms with Gasteiger partial charge in [-0.15, -0.1) is 0 Å². The highest BCUT2D eigenvalue weighted by atomic mass is 19.1. The summed E-state index contributed by atoms with van der Waals surface area (Å²) in [6, 6.07) is 15.2. The Morgan fingerprint density at radius 2 is 1.96 bits per heavy atom. The van der Waals surface area contributed by atoms with E-state index in [0.717, 1.165) is 23.7 Å². The van der Waals surface area contributed by atoms with Crippen LogP contribution in [0, 0.1) is 5.82 Å². The van der Waals surface area contributed by atoms with Gasteiger partial charge in [0.05, 0.1) is 18.2 Å². The number of aromatic nitrogens is 1. The van der Waals surface area contributed by atoms with Crippen molar-refractivity contribution in [1.82, 2.24) is 9.88 Å². The van der Waals surface area contributed by atoms with Gasteiger partial charge in [0.15, 0.2) is 0 Å². The fourth-order valence-electron chi connectivity index (χ4n) is 3.57. The molecule has 1 amide bonds. The van der Waals surface area contributed by atoms with Gasteiger partial charge in [-0.2, -0.15) is 0 Å². The molecule has 0 saturated carbocycles. The van der Waals surface area contributed by atoms with E-state index in [0.29, 0.717) is 18.7 Å². The van der Waals surface area contributed by atoms with Gasteiger partial charge in [0, 0.05) is 24.2 Å². The van der Waals surface area contributed by atoms with E-state index in [4.69, 9.17) is 4.74 Å². The molecule has 144 valence electrons. The number of hydrogen-bond acceptors (Lipinski definition) is 3. The molecule has 1 aliphatic heterocycles. The summed E-state index contributed by atoms with van der Waals surface area (Å²) in [7, 11) is 0. The molecule has 1 saturated heterocycles. The Bertz CT molecular complexity index is 1060. The minimum absolute atomic E-state index is 0.00212. The summed E-state index contributed by atoms with van der Waals surface area (Å²) in [5, 5.41) is 0.882. The summed E-state index contributed by atoms with van der Waals surface area (Å²) in [6.45, 7) is 1.07. The first-order chi connectivity index (χ1) is 13.6. The maximum Gasteiger partial charge on any atom is 0.257 e. The second-order valence-electron chi connectivity index (χ2n) is 7.01. The summed E-state index contributed by atoms with van der Waals surface area (Å²) >= 11 is 0. The highest BCUT2D eigenvalue weighted by Crippen LogP contribution is 2.19. The van der Waals surface area contributed by atoms with E-state index in [1.54, 1.807) is 18.2 Å². The van der Waals surface area contributed by atoms with Crippen molar-refractivity contribution in [1.29, 1.82) is 0 Å². The van der Waals surface area contributed by atoms with E-state index in [2.05, 4.69) is 4.98 Å². The molecule has 2 aromatic carbocycles. The topological polar surface area (TPSA) is 62.4 Å². The predicted octanol–water partition coefficient (Wildman–Crippen LogP) is 3.49. The number of pyridine rings is 1. The van der Waals surface area contributed by atoms with Crippen molar-refractivity contribution >= 4 is 16.8 Å². The van der Waals surface area contributed by atoms with E-state index in [1.165, 1.54) is 17.0 Å². The van der Waals surface area contributed by atoms with Crippen molar-refractivity contribution in [2.24, 2.45) is 0 Å². The third-order valence-electron chi connectivity index (χ3n) is 5.03. The van der Waals surface area contributed by atoms with Gasteiger partial charge in [0.25, 0.3) is 11.5 Å². The number of hydrogen-bond donors (Lipinski definition) is 1. The highest BCUT2D eigenvalue weighted by Gasteiger charge is 2.26. The Kier molecular flexibility index (Phi) is 5.21. The molecule has 1 aliphatic rings. The summed E-state index contributed by atoms with van der Waals surface area (Å²) < 4.78 is 19.9. The molecule has 5 nitrogen and oxygen atoms in total.